The molecule has 0 N–H and O–H groups in total. The van der Waals surface area contributed by atoms with Crippen LogP contribution in [0.4, 0.5) is 0 Å². The average molecular weight is 281 g/mol. The Morgan fingerprint density at radius 2 is 1.71 bits per heavy atom. The highest BCUT2D eigenvalue weighted by Gasteiger charge is 2.23. The summed E-state index contributed by atoms with van der Waals surface area (Å²) in [4.78, 5) is 4.67. The van der Waals surface area contributed by atoms with E-state index in [-0.39, 0.29) is 0 Å². The summed E-state index contributed by atoms with van der Waals surface area (Å²) >= 11 is 0. The van der Waals surface area contributed by atoms with Gasteiger partial charge in [0.25, 0.3) is 0 Å². The van der Waals surface area contributed by atoms with Gasteiger partial charge in [-0.05, 0) is 50.3 Å². The average Bonchev–Trinajstić information content (AvgIpc) is 2.54. The lowest BCUT2D eigenvalue weighted by molar-refractivity contribution is 0.0131. The van der Waals surface area contributed by atoms with Crippen molar-refractivity contribution in [1.29, 1.82) is 0 Å². The maximum Gasteiger partial charge on any atom is 0.0720 e. The van der Waals surface area contributed by atoms with Crippen LogP contribution >= 0.6 is 0 Å². The molecule has 2 nitrogen and oxygen atoms in total. The van der Waals surface area contributed by atoms with Crippen LogP contribution in [-0.2, 0) is 11.3 Å². The fraction of sp³-hybridized carbons (Fsp3) is 0.421. The molecule has 0 saturated heterocycles. The van der Waals surface area contributed by atoms with Crippen LogP contribution in [0.15, 0.2) is 48.5 Å². The molecule has 1 saturated carbocycles. The van der Waals surface area contributed by atoms with E-state index < -0.39 is 0 Å². The third-order valence-electron chi connectivity index (χ3n) is 4.33. The number of hydrogen-bond acceptors (Lipinski definition) is 2. The Bertz CT molecular complexity index is 559. The van der Waals surface area contributed by atoms with Gasteiger partial charge in [-0.25, -0.2) is 0 Å². The van der Waals surface area contributed by atoms with E-state index in [0.717, 1.165) is 25.1 Å². The highest BCUT2D eigenvalue weighted by Crippen LogP contribution is 2.33. The van der Waals surface area contributed by atoms with Crippen molar-refractivity contribution in [3.8, 4) is 0 Å². The van der Waals surface area contributed by atoms with Crippen LogP contribution in [0.2, 0.25) is 0 Å². The number of ether oxygens (including phenoxy) is 1. The molecule has 2 aromatic rings. The van der Waals surface area contributed by atoms with Crippen molar-refractivity contribution in [1.82, 2.24) is 4.98 Å². The predicted molar refractivity (Wildman–Crippen MR) is 85.2 cm³/mol. The van der Waals surface area contributed by atoms with E-state index in [9.17, 15) is 0 Å². The van der Waals surface area contributed by atoms with E-state index in [0.29, 0.717) is 12.0 Å². The molecule has 2 heteroatoms. The topological polar surface area (TPSA) is 22.1 Å². The van der Waals surface area contributed by atoms with Gasteiger partial charge in [0.15, 0.2) is 0 Å². The highest BCUT2D eigenvalue weighted by atomic mass is 16.5. The van der Waals surface area contributed by atoms with Crippen LogP contribution in [0, 0.1) is 6.92 Å². The summed E-state index contributed by atoms with van der Waals surface area (Å²) in [7, 11) is 0. The standard InChI is InChI=1S/C19H23NO/c1-15-6-5-9-19(20-15)17-10-12-18(13-11-17)21-14-16-7-3-2-4-8-16/h2-9,17-18H,10-14H2,1H3. The van der Waals surface area contributed by atoms with E-state index in [2.05, 4.69) is 54.4 Å². The van der Waals surface area contributed by atoms with Crippen LogP contribution in [0.25, 0.3) is 0 Å². The molecule has 3 rings (SSSR count). The lowest BCUT2D eigenvalue weighted by Crippen LogP contribution is -2.21. The van der Waals surface area contributed by atoms with Gasteiger partial charge in [-0.1, -0.05) is 36.4 Å². The van der Waals surface area contributed by atoms with Crippen LogP contribution in [0.1, 0.15) is 48.6 Å². The number of benzene rings is 1. The molecular weight excluding hydrogens is 258 g/mol. The summed E-state index contributed by atoms with van der Waals surface area (Å²) in [5, 5.41) is 0. The highest BCUT2D eigenvalue weighted by molar-refractivity contribution is 5.15. The first-order valence-electron chi connectivity index (χ1n) is 7.90. The SMILES string of the molecule is Cc1cccc(C2CCC(OCc3ccccc3)CC2)n1. The number of aryl methyl sites for hydroxylation is 1. The zero-order valence-corrected chi connectivity index (χ0v) is 12.7. The van der Waals surface area contributed by atoms with Crippen LogP contribution < -0.4 is 0 Å². The Balaban J connectivity index is 1.49. The first-order valence-corrected chi connectivity index (χ1v) is 7.90. The number of pyridine rings is 1. The van der Waals surface area contributed by atoms with Crippen molar-refractivity contribution in [2.24, 2.45) is 0 Å². The van der Waals surface area contributed by atoms with Crippen molar-refractivity contribution in [2.45, 2.75) is 51.2 Å². The van der Waals surface area contributed by atoms with Gasteiger partial charge < -0.3 is 4.74 Å². The fourth-order valence-electron chi connectivity index (χ4n) is 3.11. The van der Waals surface area contributed by atoms with Gasteiger partial charge in [0.1, 0.15) is 0 Å². The second kappa shape index (κ2) is 6.86. The molecule has 1 fully saturated rings. The molecule has 0 aliphatic heterocycles. The molecule has 1 aliphatic rings. The second-order valence-electron chi connectivity index (χ2n) is 5.97. The van der Waals surface area contributed by atoms with Gasteiger partial charge in [-0.15, -0.1) is 0 Å². The molecule has 1 heterocycles. The monoisotopic (exact) mass is 281 g/mol. The Hall–Kier alpha value is -1.67. The van der Waals surface area contributed by atoms with E-state index in [1.54, 1.807) is 0 Å². The Morgan fingerprint density at radius 3 is 2.43 bits per heavy atom. The van der Waals surface area contributed by atoms with Crippen molar-refractivity contribution in [3.05, 3.63) is 65.5 Å². The molecule has 0 radical (unpaired) electrons. The molecule has 110 valence electrons. The molecule has 1 aliphatic carbocycles. The van der Waals surface area contributed by atoms with Crippen molar-refractivity contribution < 1.29 is 4.74 Å². The van der Waals surface area contributed by atoms with Gasteiger partial charge in [0, 0.05) is 17.3 Å². The van der Waals surface area contributed by atoms with Gasteiger partial charge in [-0.3, -0.25) is 4.98 Å². The maximum absolute atomic E-state index is 6.06. The molecular formula is C19H23NO. The zero-order chi connectivity index (χ0) is 14.5. The summed E-state index contributed by atoms with van der Waals surface area (Å²) in [5.74, 6) is 0.612. The summed E-state index contributed by atoms with van der Waals surface area (Å²) in [5.41, 5.74) is 3.64. The minimum atomic E-state index is 0.409. The Kier molecular flexibility index (Phi) is 4.66. The summed E-state index contributed by atoms with van der Waals surface area (Å²) in [6.07, 6.45) is 5.08. The first kappa shape index (κ1) is 14.3. The molecule has 21 heavy (non-hydrogen) atoms. The molecule has 1 aromatic heterocycles. The van der Waals surface area contributed by atoms with E-state index >= 15 is 0 Å². The van der Waals surface area contributed by atoms with Crippen LogP contribution in [-0.4, -0.2) is 11.1 Å². The first-order chi connectivity index (χ1) is 10.3. The van der Waals surface area contributed by atoms with Gasteiger partial charge >= 0.3 is 0 Å². The van der Waals surface area contributed by atoms with E-state index in [1.807, 2.05) is 6.07 Å². The molecule has 0 atom stereocenters. The van der Waals surface area contributed by atoms with Crippen molar-refractivity contribution >= 4 is 0 Å². The summed E-state index contributed by atoms with van der Waals surface area (Å²) < 4.78 is 6.06. The fourth-order valence-corrected chi connectivity index (χ4v) is 3.11. The normalized spacial score (nSPS) is 22.1. The smallest absolute Gasteiger partial charge is 0.0720 e. The molecule has 0 spiro atoms. The lowest BCUT2D eigenvalue weighted by atomic mass is 9.85. The van der Waals surface area contributed by atoms with Crippen molar-refractivity contribution in [2.75, 3.05) is 0 Å². The third-order valence-corrected chi connectivity index (χ3v) is 4.33. The minimum Gasteiger partial charge on any atom is -0.374 e. The molecule has 0 unspecified atom stereocenters. The summed E-state index contributed by atoms with van der Waals surface area (Å²) in [6, 6.07) is 16.8. The second-order valence-corrected chi connectivity index (χ2v) is 5.97. The molecule has 0 bridgehead atoms. The largest absolute Gasteiger partial charge is 0.374 e. The van der Waals surface area contributed by atoms with Crippen LogP contribution in [0.5, 0.6) is 0 Å². The Morgan fingerprint density at radius 1 is 0.952 bits per heavy atom. The van der Waals surface area contributed by atoms with E-state index in [1.165, 1.54) is 24.1 Å². The number of nitrogens with zero attached hydrogens (tertiary/aromatic N) is 1. The summed E-state index contributed by atoms with van der Waals surface area (Å²) in [6.45, 7) is 2.80. The Labute approximate surface area is 127 Å². The number of hydrogen-bond donors (Lipinski definition) is 0. The quantitative estimate of drug-likeness (QED) is 0.815. The van der Waals surface area contributed by atoms with Crippen LogP contribution in [0.3, 0.4) is 0 Å². The maximum atomic E-state index is 6.06. The number of aromatic nitrogens is 1. The molecule has 1 aromatic carbocycles. The third kappa shape index (κ3) is 3.92. The molecule has 0 amide bonds. The zero-order valence-electron chi connectivity index (χ0n) is 12.7. The van der Waals surface area contributed by atoms with Gasteiger partial charge in [0.2, 0.25) is 0 Å². The number of rotatable bonds is 4. The lowest BCUT2D eigenvalue weighted by Gasteiger charge is -2.28. The minimum absolute atomic E-state index is 0.409. The van der Waals surface area contributed by atoms with Crippen molar-refractivity contribution in [3.63, 3.8) is 0 Å². The van der Waals surface area contributed by atoms with Gasteiger partial charge in [0.05, 0.1) is 12.7 Å². The van der Waals surface area contributed by atoms with E-state index in [4.69, 9.17) is 4.74 Å². The van der Waals surface area contributed by atoms with Gasteiger partial charge in [-0.2, -0.15) is 0 Å². The predicted octanol–water partition coefficient (Wildman–Crippen LogP) is 4.63.